The predicted octanol–water partition coefficient (Wildman–Crippen LogP) is 1.99. The maximum atomic E-state index is 12.1. The van der Waals surface area contributed by atoms with Gasteiger partial charge < -0.3 is 20.3 Å². The molecule has 1 amide bonds. The van der Waals surface area contributed by atoms with Crippen LogP contribution in [0.5, 0.6) is 0 Å². The maximum Gasteiger partial charge on any atom is 0.410 e. The first kappa shape index (κ1) is 22.1. The average molecular weight is 400 g/mol. The molecule has 2 heterocycles. The van der Waals surface area contributed by atoms with Crippen molar-refractivity contribution < 1.29 is 9.53 Å². The van der Waals surface area contributed by atoms with Gasteiger partial charge in [0.05, 0.1) is 0 Å². The van der Waals surface area contributed by atoms with Crippen molar-refractivity contribution in [2.45, 2.75) is 50.9 Å². The van der Waals surface area contributed by atoms with E-state index >= 15 is 0 Å². The van der Waals surface area contributed by atoms with Crippen LogP contribution in [0.3, 0.4) is 0 Å². The molecule has 2 saturated heterocycles. The van der Waals surface area contributed by atoms with Gasteiger partial charge in [-0.25, -0.2) is 4.79 Å². The molecule has 1 unspecified atom stereocenters. The van der Waals surface area contributed by atoms with E-state index in [1.807, 2.05) is 27.8 Å². The minimum Gasteiger partial charge on any atom is -0.444 e. The number of piperazine rings is 1. The topological polar surface area (TPSA) is 69.2 Å². The highest BCUT2D eigenvalue weighted by Crippen LogP contribution is 2.36. The van der Waals surface area contributed by atoms with Gasteiger partial charge in [0.1, 0.15) is 5.60 Å². The number of guanidine groups is 1. The van der Waals surface area contributed by atoms with E-state index in [2.05, 4.69) is 39.2 Å². The Kier molecular flexibility index (Phi) is 8.09. The maximum absolute atomic E-state index is 12.1. The van der Waals surface area contributed by atoms with Gasteiger partial charge in [-0.2, -0.15) is 11.8 Å². The minimum atomic E-state index is -0.435. The Morgan fingerprint density at radius 2 is 1.93 bits per heavy atom. The van der Waals surface area contributed by atoms with Crippen molar-refractivity contribution >= 4 is 23.8 Å². The number of nitrogens with zero attached hydrogens (tertiary/aromatic N) is 3. The molecule has 2 rings (SSSR count). The molecule has 2 aliphatic rings. The summed E-state index contributed by atoms with van der Waals surface area (Å²) in [5, 5.41) is 6.87. The van der Waals surface area contributed by atoms with Crippen LogP contribution >= 0.6 is 11.8 Å². The molecule has 0 aliphatic carbocycles. The summed E-state index contributed by atoms with van der Waals surface area (Å²) in [5.74, 6) is 2.13. The van der Waals surface area contributed by atoms with Gasteiger partial charge in [0.25, 0.3) is 0 Å². The summed E-state index contributed by atoms with van der Waals surface area (Å²) < 4.78 is 5.78. The van der Waals surface area contributed by atoms with Crippen molar-refractivity contribution in [3.63, 3.8) is 0 Å². The highest BCUT2D eigenvalue weighted by atomic mass is 32.2. The van der Waals surface area contributed by atoms with Gasteiger partial charge in [-0.1, -0.05) is 0 Å². The zero-order valence-electron chi connectivity index (χ0n) is 17.6. The van der Waals surface area contributed by atoms with Crippen molar-refractivity contribution in [1.29, 1.82) is 0 Å². The number of aliphatic imine (C=N–C) groups is 1. The number of rotatable bonds is 5. The molecule has 0 aromatic carbocycles. The molecule has 2 fully saturated rings. The van der Waals surface area contributed by atoms with Crippen molar-refractivity contribution in [3.05, 3.63) is 0 Å². The third-order valence-corrected chi connectivity index (χ3v) is 6.44. The summed E-state index contributed by atoms with van der Waals surface area (Å²) in [7, 11) is 1.82. The molecule has 1 atom stereocenters. The first-order valence-corrected chi connectivity index (χ1v) is 11.0. The third-order valence-electron chi connectivity index (χ3n) is 4.90. The SMILES string of the molecule is CN=C(NCCN1CCN(C(=O)OC(C)(C)C)CC1)NCC1(C)CCCS1. The van der Waals surface area contributed by atoms with E-state index < -0.39 is 5.60 Å². The molecular weight excluding hydrogens is 362 g/mol. The van der Waals surface area contributed by atoms with Gasteiger partial charge >= 0.3 is 6.09 Å². The van der Waals surface area contributed by atoms with E-state index in [1.54, 1.807) is 4.90 Å². The first-order chi connectivity index (χ1) is 12.7. The molecule has 0 aromatic rings. The molecule has 2 aliphatic heterocycles. The molecule has 27 heavy (non-hydrogen) atoms. The summed E-state index contributed by atoms with van der Waals surface area (Å²) in [6.07, 6.45) is 2.37. The van der Waals surface area contributed by atoms with Crippen molar-refractivity contribution in [3.8, 4) is 0 Å². The molecule has 0 spiro atoms. The second-order valence-electron chi connectivity index (χ2n) is 8.56. The van der Waals surface area contributed by atoms with Gasteiger partial charge in [0.2, 0.25) is 0 Å². The molecule has 0 bridgehead atoms. The monoisotopic (exact) mass is 399 g/mol. The lowest BCUT2D eigenvalue weighted by Crippen LogP contribution is -2.52. The molecule has 0 saturated carbocycles. The highest BCUT2D eigenvalue weighted by Gasteiger charge is 2.29. The summed E-state index contributed by atoms with van der Waals surface area (Å²) in [6, 6.07) is 0. The van der Waals surface area contributed by atoms with E-state index in [9.17, 15) is 4.79 Å². The molecule has 2 N–H and O–H groups in total. The molecular formula is C19H37N5O2S. The van der Waals surface area contributed by atoms with Crippen LogP contribution in [0, 0.1) is 0 Å². The standard InChI is InChI=1S/C19H37N5O2S/c1-18(2,3)26-17(25)24-12-10-23(11-13-24)9-8-21-16(20-5)22-15-19(4)7-6-14-27-19/h6-15H2,1-5H3,(H2,20,21,22). The summed E-state index contributed by atoms with van der Waals surface area (Å²) >= 11 is 2.05. The molecule has 7 nitrogen and oxygen atoms in total. The van der Waals surface area contributed by atoms with Crippen LogP contribution < -0.4 is 10.6 Å². The van der Waals surface area contributed by atoms with Crippen LogP contribution in [-0.2, 0) is 4.74 Å². The number of carbonyl (C=O) groups is 1. The van der Waals surface area contributed by atoms with E-state index in [0.717, 1.165) is 51.8 Å². The van der Waals surface area contributed by atoms with E-state index in [-0.39, 0.29) is 6.09 Å². The van der Waals surface area contributed by atoms with Crippen molar-refractivity contribution in [1.82, 2.24) is 20.4 Å². The Morgan fingerprint density at radius 3 is 2.48 bits per heavy atom. The van der Waals surface area contributed by atoms with E-state index in [4.69, 9.17) is 4.74 Å². The summed E-state index contributed by atoms with van der Waals surface area (Å²) in [4.78, 5) is 20.6. The second kappa shape index (κ2) is 9.87. The fourth-order valence-corrected chi connectivity index (χ4v) is 4.52. The largest absolute Gasteiger partial charge is 0.444 e. The first-order valence-electron chi connectivity index (χ1n) is 9.99. The van der Waals surface area contributed by atoms with Crippen LogP contribution in [0.2, 0.25) is 0 Å². The Morgan fingerprint density at radius 1 is 1.22 bits per heavy atom. The molecule has 156 valence electrons. The quantitative estimate of drug-likeness (QED) is 0.544. The number of amides is 1. The van der Waals surface area contributed by atoms with Gasteiger partial charge in [0.15, 0.2) is 5.96 Å². The number of hydrogen-bond acceptors (Lipinski definition) is 5. The molecule has 8 heteroatoms. The number of thioether (sulfide) groups is 1. The zero-order valence-corrected chi connectivity index (χ0v) is 18.5. The van der Waals surface area contributed by atoms with Crippen LogP contribution in [0.15, 0.2) is 4.99 Å². The van der Waals surface area contributed by atoms with E-state index in [1.165, 1.54) is 18.6 Å². The van der Waals surface area contributed by atoms with Gasteiger partial charge in [-0.05, 0) is 46.3 Å². The molecule has 0 radical (unpaired) electrons. The summed E-state index contributed by atoms with van der Waals surface area (Å²) in [5.41, 5.74) is -0.435. The Labute approximate surface area is 168 Å². The zero-order chi connectivity index (χ0) is 19.9. The number of nitrogens with one attached hydrogen (secondary N) is 2. The third kappa shape index (κ3) is 7.78. The Hall–Kier alpha value is -1.15. The number of ether oxygens (including phenoxy) is 1. The van der Waals surface area contributed by atoms with Crippen LogP contribution in [0.1, 0.15) is 40.5 Å². The van der Waals surface area contributed by atoms with Gasteiger partial charge in [-0.3, -0.25) is 9.89 Å². The number of carbonyl (C=O) groups excluding carboxylic acids is 1. The number of hydrogen-bond donors (Lipinski definition) is 2. The fraction of sp³-hybridized carbons (Fsp3) is 0.895. The second-order valence-corrected chi connectivity index (χ2v) is 10.2. The predicted molar refractivity (Wildman–Crippen MR) is 114 cm³/mol. The van der Waals surface area contributed by atoms with Crippen molar-refractivity contribution in [2.24, 2.45) is 4.99 Å². The van der Waals surface area contributed by atoms with Gasteiger partial charge in [-0.15, -0.1) is 0 Å². The smallest absolute Gasteiger partial charge is 0.410 e. The van der Waals surface area contributed by atoms with Crippen LogP contribution in [0.4, 0.5) is 4.79 Å². The Balaban J connectivity index is 1.62. The lowest BCUT2D eigenvalue weighted by molar-refractivity contribution is 0.0147. The normalized spacial score (nSPS) is 24.8. The van der Waals surface area contributed by atoms with Crippen LogP contribution in [-0.4, -0.2) is 90.8 Å². The summed E-state index contributed by atoms with van der Waals surface area (Å²) in [6.45, 7) is 14.0. The fourth-order valence-electron chi connectivity index (χ4n) is 3.28. The van der Waals surface area contributed by atoms with Gasteiger partial charge in [0, 0.05) is 57.6 Å². The lowest BCUT2D eigenvalue weighted by Gasteiger charge is -2.35. The highest BCUT2D eigenvalue weighted by molar-refractivity contribution is 8.00. The van der Waals surface area contributed by atoms with Crippen molar-refractivity contribution in [2.75, 3.05) is 58.6 Å². The minimum absolute atomic E-state index is 0.205. The van der Waals surface area contributed by atoms with Crippen LogP contribution in [0.25, 0.3) is 0 Å². The molecule has 0 aromatic heterocycles. The Bertz CT molecular complexity index is 507. The lowest BCUT2D eigenvalue weighted by atomic mass is 10.1. The van der Waals surface area contributed by atoms with E-state index in [0.29, 0.717) is 4.75 Å². The average Bonchev–Trinajstić information content (AvgIpc) is 3.04.